The van der Waals surface area contributed by atoms with Crippen molar-refractivity contribution in [2.75, 3.05) is 12.7 Å². The van der Waals surface area contributed by atoms with E-state index in [1.165, 1.54) is 19.3 Å². The number of rotatable bonds is 16. The van der Waals surface area contributed by atoms with E-state index in [-0.39, 0.29) is 11.9 Å². The van der Waals surface area contributed by atoms with Crippen LogP contribution >= 0.6 is 7.60 Å². The lowest BCUT2D eigenvalue weighted by atomic mass is 10.0. The predicted octanol–water partition coefficient (Wildman–Crippen LogP) is 3.39. The third-order valence-corrected chi connectivity index (χ3v) is 4.55. The highest BCUT2D eigenvalue weighted by Gasteiger charge is 2.12. The fourth-order valence-electron chi connectivity index (χ4n) is 2.35. The average Bonchev–Trinajstić information content (AvgIpc) is 2.44. The smallest absolute Gasteiger partial charge is 0.324 e. The van der Waals surface area contributed by atoms with Crippen LogP contribution in [-0.4, -0.2) is 33.5 Å². The Balaban J connectivity index is 3.23. The van der Waals surface area contributed by atoms with E-state index in [9.17, 15) is 9.36 Å². The Labute approximate surface area is 133 Å². The van der Waals surface area contributed by atoms with Gasteiger partial charge in [0.05, 0.1) is 0 Å². The SMILES string of the molecule is O=C(CCCCCCCCCCNO)CCCCP(=O)(O)O. The van der Waals surface area contributed by atoms with Crippen molar-refractivity contribution in [3.8, 4) is 0 Å². The molecule has 0 rings (SSSR count). The van der Waals surface area contributed by atoms with E-state index in [2.05, 4.69) is 5.48 Å². The van der Waals surface area contributed by atoms with Gasteiger partial charge in [0.25, 0.3) is 0 Å². The molecule has 22 heavy (non-hydrogen) atoms. The molecule has 0 aromatic carbocycles. The zero-order valence-electron chi connectivity index (χ0n) is 13.5. The summed E-state index contributed by atoms with van der Waals surface area (Å²) in [6, 6.07) is 0. The first-order chi connectivity index (χ1) is 10.5. The Morgan fingerprint density at radius 1 is 0.773 bits per heavy atom. The molecule has 132 valence electrons. The molecule has 0 unspecified atom stereocenters. The molecule has 0 radical (unpaired) electrons. The van der Waals surface area contributed by atoms with Crippen molar-refractivity contribution in [2.24, 2.45) is 0 Å². The largest absolute Gasteiger partial charge is 0.325 e. The van der Waals surface area contributed by atoms with Crippen LogP contribution in [-0.2, 0) is 9.36 Å². The molecule has 0 aliphatic carbocycles. The Morgan fingerprint density at radius 2 is 1.23 bits per heavy atom. The Morgan fingerprint density at radius 3 is 1.73 bits per heavy atom. The van der Waals surface area contributed by atoms with E-state index in [0.29, 0.717) is 32.2 Å². The lowest BCUT2D eigenvalue weighted by molar-refractivity contribution is -0.119. The monoisotopic (exact) mass is 337 g/mol. The van der Waals surface area contributed by atoms with Crippen molar-refractivity contribution in [2.45, 2.75) is 77.0 Å². The fourth-order valence-corrected chi connectivity index (χ4v) is 2.99. The summed E-state index contributed by atoms with van der Waals surface area (Å²) in [6.45, 7) is 0.663. The van der Waals surface area contributed by atoms with Gasteiger partial charge in [-0.1, -0.05) is 38.5 Å². The van der Waals surface area contributed by atoms with Crippen LogP contribution in [0.3, 0.4) is 0 Å². The number of unbranched alkanes of at least 4 members (excludes halogenated alkanes) is 8. The molecular weight excluding hydrogens is 305 g/mol. The van der Waals surface area contributed by atoms with Gasteiger partial charge in [0.2, 0.25) is 0 Å². The summed E-state index contributed by atoms with van der Waals surface area (Å²) in [4.78, 5) is 29.0. The van der Waals surface area contributed by atoms with Crippen LogP contribution in [0.4, 0.5) is 0 Å². The van der Waals surface area contributed by atoms with Crippen molar-refractivity contribution in [1.82, 2.24) is 5.48 Å². The summed E-state index contributed by atoms with van der Waals surface area (Å²) < 4.78 is 10.6. The van der Waals surface area contributed by atoms with Gasteiger partial charge in [-0.25, -0.2) is 5.48 Å². The summed E-state index contributed by atoms with van der Waals surface area (Å²) in [5.41, 5.74) is 2.15. The minimum atomic E-state index is -3.90. The van der Waals surface area contributed by atoms with Crippen molar-refractivity contribution in [3.05, 3.63) is 0 Å². The summed E-state index contributed by atoms with van der Waals surface area (Å²) in [5, 5.41) is 8.40. The van der Waals surface area contributed by atoms with Gasteiger partial charge in [0.1, 0.15) is 5.78 Å². The zero-order chi connectivity index (χ0) is 16.7. The summed E-state index contributed by atoms with van der Waals surface area (Å²) in [5.74, 6) is 0.210. The molecule has 6 nitrogen and oxygen atoms in total. The molecule has 0 bridgehead atoms. The standard InChI is InChI=1S/C15H32NO5P/c17-15(12-8-10-14-22(19,20)21)11-7-5-3-1-2-4-6-9-13-16-18/h16,18H,1-14H2,(H2,19,20,21). The molecule has 7 heteroatoms. The molecule has 0 amide bonds. The van der Waals surface area contributed by atoms with Crippen molar-refractivity contribution in [3.63, 3.8) is 0 Å². The minimum Gasteiger partial charge on any atom is -0.324 e. The molecule has 0 saturated carbocycles. The Bertz CT molecular complexity index is 319. The molecule has 0 heterocycles. The van der Waals surface area contributed by atoms with Gasteiger partial charge < -0.3 is 15.0 Å². The van der Waals surface area contributed by atoms with Crippen molar-refractivity contribution in [1.29, 1.82) is 0 Å². The van der Waals surface area contributed by atoms with Crippen LogP contribution < -0.4 is 5.48 Å². The number of carbonyl (C=O) groups is 1. The molecule has 4 N–H and O–H groups in total. The van der Waals surface area contributed by atoms with Crippen LogP contribution in [0.5, 0.6) is 0 Å². The minimum absolute atomic E-state index is 0.116. The van der Waals surface area contributed by atoms with Gasteiger partial charge >= 0.3 is 7.60 Å². The maximum Gasteiger partial charge on any atom is 0.325 e. The fraction of sp³-hybridized carbons (Fsp3) is 0.933. The highest BCUT2D eigenvalue weighted by Crippen LogP contribution is 2.35. The number of ketones is 1. The second-order valence-electron chi connectivity index (χ2n) is 5.87. The number of hydrogen-bond acceptors (Lipinski definition) is 4. The van der Waals surface area contributed by atoms with E-state index in [1.807, 2.05) is 0 Å². The number of hydroxylamine groups is 1. The number of hydrogen-bond donors (Lipinski definition) is 4. The van der Waals surface area contributed by atoms with E-state index in [1.54, 1.807) is 0 Å². The molecule has 0 aromatic rings. The molecule has 0 saturated heterocycles. The van der Waals surface area contributed by atoms with Crippen LogP contribution in [0.15, 0.2) is 0 Å². The summed E-state index contributed by atoms with van der Waals surface area (Å²) in [6.07, 6.45) is 10.8. The van der Waals surface area contributed by atoms with Crippen LogP contribution in [0.25, 0.3) is 0 Å². The normalized spacial score (nSPS) is 11.8. The second-order valence-corrected chi connectivity index (χ2v) is 7.65. The number of carbonyl (C=O) groups excluding carboxylic acids is 1. The van der Waals surface area contributed by atoms with Gasteiger partial charge in [-0.15, -0.1) is 0 Å². The molecule has 0 atom stereocenters. The van der Waals surface area contributed by atoms with E-state index in [0.717, 1.165) is 32.1 Å². The molecule has 0 aliphatic heterocycles. The first-order valence-electron chi connectivity index (χ1n) is 8.39. The maximum absolute atomic E-state index is 11.6. The topological polar surface area (TPSA) is 107 Å². The lowest BCUT2D eigenvalue weighted by Gasteiger charge is -2.04. The number of nitrogens with one attached hydrogen (secondary N) is 1. The maximum atomic E-state index is 11.6. The predicted molar refractivity (Wildman–Crippen MR) is 87.1 cm³/mol. The Kier molecular flexibility index (Phi) is 14.2. The quantitative estimate of drug-likeness (QED) is 0.195. The lowest BCUT2D eigenvalue weighted by Crippen LogP contribution is -2.07. The third-order valence-electron chi connectivity index (χ3n) is 3.65. The van der Waals surface area contributed by atoms with Crippen LogP contribution in [0, 0.1) is 0 Å². The highest BCUT2D eigenvalue weighted by molar-refractivity contribution is 7.51. The first-order valence-corrected chi connectivity index (χ1v) is 10.2. The van der Waals surface area contributed by atoms with Gasteiger partial charge in [0, 0.05) is 25.5 Å². The van der Waals surface area contributed by atoms with E-state index in [4.69, 9.17) is 15.0 Å². The zero-order valence-corrected chi connectivity index (χ0v) is 14.4. The highest BCUT2D eigenvalue weighted by atomic mass is 31.2. The van der Waals surface area contributed by atoms with Crippen LogP contribution in [0.2, 0.25) is 0 Å². The van der Waals surface area contributed by atoms with E-state index < -0.39 is 7.60 Å². The van der Waals surface area contributed by atoms with Gasteiger partial charge in [-0.05, 0) is 25.7 Å². The first kappa shape index (κ1) is 21.7. The summed E-state index contributed by atoms with van der Waals surface area (Å²) in [7, 11) is -3.90. The van der Waals surface area contributed by atoms with Gasteiger partial charge in [-0.2, -0.15) is 0 Å². The molecular formula is C15H32NO5P. The van der Waals surface area contributed by atoms with Crippen LogP contribution in [0.1, 0.15) is 77.0 Å². The molecule has 0 aromatic heterocycles. The van der Waals surface area contributed by atoms with Gasteiger partial charge in [-0.3, -0.25) is 9.36 Å². The second kappa shape index (κ2) is 14.3. The van der Waals surface area contributed by atoms with Gasteiger partial charge in [0.15, 0.2) is 0 Å². The van der Waals surface area contributed by atoms with Crippen molar-refractivity contribution >= 4 is 13.4 Å². The molecule has 0 aliphatic rings. The van der Waals surface area contributed by atoms with E-state index >= 15 is 0 Å². The van der Waals surface area contributed by atoms with Crippen molar-refractivity contribution < 1.29 is 24.4 Å². The average molecular weight is 337 g/mol. The molecule has 0 spiro atoms. The third kappa shape index (κ3) is 17.8. The summed E-state index contributed by atoms with van der Waals surface area (Å²) >= 11 is 0. The molecule has 0 fully saturated rings. The number of Topliss-reactive ketones (excluding diaryl/α,β-unsaturated/α-hetero) is 1. The Hall–Kier alpha value is -0.260.